The summed E-state index contributed by atoms with van der Waals surface area (Å²) in [4.78, 5) is 12.2. The lowest BCUT2D eigenvalue weighted by Gasteiger charge is -2.26. The molecule has 0 radical (unpaired) electrons. The van der Waals surface area contributed by atoms with E-state index in [1.807, 2.05) is 24.3 Å². The molecule has 0 spiro atoms. The highest BCUT2D eigenvalue weighted by Crippen LogP contribution is 2.32. The van der Waals surface area contributed by atoms with Gasteiger partial charge in [-0.15, -0.1) is 0 Å². The van der Waals surface area contributed by atoms with Crippen molar-refractivity contribution in [1.29, 1.82) is 0 Å². The maximum Gasteiger partial charge on any atom is 0.309 e. The number of cyclic esters (lactones) is 1. The first-order chi connectivity index (χ1) is 11.7. The predicted molar refractivity (Wildman–Crippen MR) is 93.9 cm³/mol. The van der Waals surface area contributed by atoms with Crippen LogP contribution in [0, 0.1) is 11.8 Å². The lowest BCUT2D eigenvalue weighted by Crippen LogP contribution is -2.36. The van der Waals surface area contributed by atoms with Gasteiger partial charge in [-0.2, -0.15) is 0 Å². The van der Waals surface area contributed by atoms with E-state index in [1.165, 1.54) is 32.1 Å². The third-order valence-electron chi connectivity index (χ3n) is 5.57. The van der Waals surface area contributed by atoms with Crippen molar-refractivity contribution in [2.75, 3.05) is 7.11 Å². The van der Waals surface area contributed by atoms with Gasteiger partial charge in [0.1, 0.15) is 11.9 Å². The second-order valence-corrected chi connectivity index (χ2v) is 7.36. The van der Waals surface area contributed by atoms with Gasteiger partial charge in [0.05, 0.1) is 13.0 Å². The van der Waals surface area contributed by atoms with Crippen LogP contribution in [0.3, 0.4) is 0 Å². The summed E-state index contributed by atoms with van der Waals surface area (Å²) >= 11 is 0. The summed E-state index contributed by atoms with van der Waals surface area (Å²) < 4.78 is 10.8. The zero-order chi connectivity index (χ0) is 16.9. The molecule has 1 aliphatic carbocycles. The standard InChI is InChI=1S/C20H29NO3/c1-23-17-9-7-15(8-10-17)11-16-13-19(24-20(16)22)18(21)12-14-5-3-2-4-6-14/h7-10,14,16,18-19H,2-6,11-13,21H2,1H3/t16-,18+,19+/m1/s1. The van der Waals surface area contributed by atoms with E-state index in [9.17, 15) is 4.79 Å². The van der Waals surface area contributed by atoms with E-state index >= 15 is 0 Å². The maximum atomic E-state index is 12.2. The van der Waals surface area contributed by atoms with Crippen molar-refractivity contribution in [3.8, 4) is 5.75 Å². The van der Waals surface area contributed by atoms with Crippen molar-refractivity contribution in [1.82, 2.24) is 0 Å². The van der Waals surface area contributed by atoms with E-state index in [4.69, 9.17) is 15.2 Å². The van der Waals surface area contributed by atoms with Crippen LogP contribution < -0.4 is 10.5 Å². The highest BCUT2D eigenvalue weighted by atomic mass is 16.6. The third kappa shape index (κ3) is 4.29. The van der Waals surface area contributed by atoms with E-state index in [0.717, 1.165) is 30.6 Å². The predicted octanol–water partition coefficient (Wildman–Crippen LogP) is 3.47. The highest BCUT2D eigenvalue weighted by Gasteiger charge is 2.38. The summed E-state index contributed by atoms with van der Waals surface area (Å²) in [6.45, 7) is 0. The van der Waals surface area contributed by atoms with Gasteiger partial charge in [-0.3, -0.25) is 4.79 Å². The van der Waals surface area contributed by atoms with Crippen molar-refractivity contribution >= 4 is 5.97 Å². The van der Waals surface area contributed by atoms with Crippen molar-refractivity contribution in [3.05, 3.63) is 29.8 Å². The number of benzene rings is 1. The minimum Gasteiger partial charge on any atom is -0.497 e. The molecule has 1 aromatic carbocycles. The summed E-state index contributed by atoms with van der Waals surface area (Å²) in [6, 6.07) is 7.88. The van der Waals surface area contributed by atoms with E-state index in [-0.39, 0.29) is 24.0 Å². The number of carbonyl (C=O) groups is 1. The van der Waals surface area contributed by atoms with Crippen molar-refractivity contribution in [2.24, 2.45) is 17.6 Å². The van der Waals surface area contributed by atoms with E-state index < -0.39 is 0 Å². The number of rotatable bonds is 6. The van der Waals surface area contributed by atoms with Crippen LogP contribution in [0.1, 0.15) is 50.5 Å². The molecular weight excluding hydrogens is 302 g/mol. The molecule has 1 heterocycles. The lowest BCUT2D eigenvalue weighted by atomic mass is 9.83. The Labute approximate surface area is 144 Å². The highest BCUT2D eigenvalue weighted by molar-refractivity contribution is 5.75. The molecule has 0 unspecified atom stereocenters. The van der Waals surface area contributed by atoms with Crippen molar-refractivity contribution in [3.63, 3.8) is 0 Å². The number of esters is 1. The fourth-order valence-electron chi connectivity index (χ4n) is 4.10. The first kappa shape index (κ1) is 17.3. The van der Waals surface area contributed by atoms with Crippen molar-refractivity contribution in [2.45, 2.75) is 63.5 Å². The molecule has 2 fully saturated rings. The average Bonchev–Trinajstić information content (AvgIpc) is 2.97. The summed E-state index contributed by atoms with van der Waals surface area (Å²) in [7, 11) is 1.65. The number of nitrogens with two attached hydrogens (primary N) is 1. The molecule has 0 aromatic heterocycles. The summed E-state index contributed by atoms with van der Waals surface area (Å²) in [5, 5.41) is 0. The molecule has 24 heavy (non-hydrogen) atoms. The summed E-state index contributed by atoms with van der Waals surface area (Å²) in [5.74, 6) is 1.39. The van der Waals surface area contributed by atoms with E-state index in [1.54, 1.807) is 7.11 Å². The molecular formula is C20H29NO3. The number of carbonyl (C=O) groups excluding carboxylic acids is 1. The zero-order valence-electron chi connectivity index (χ0n) is 14.6. The second-order valence-electron chi connectivity index (χ2n) is 7.36. The molecule has 0 amide bonds. The number of ether oxygens (including phenoxy) is 2. The van der Waals surface area contributed by atoms with Crippen LogP contribution in [0.25, 0.3) is 0 Å². The Morgan fingerprint density at radius 2 is 1.92 bits per heavy atom. The van der Waals surface area contributed by atoms with E-state index in [0.29, 0.717) is 5.92 Å². The van der Waals surface area contributed by atoms with Crippen LogP contribution in [0.2, 0.25) is 0 Å². The molecule has 2 N–H and O–H groups in total. The van der Waals surface area contributed by atoms with Gasteiger partial charge in [0.2, 0.25) is 0 Å². The normalized spacial score (nSPS) is 26.2. The molecule has 1 aromatic rings. The Morgan fingerprint density at radius 3 is 2.58 bits per heavy atom. The fourth-order valence-corrected chi connectivity index (χ4v) is 4.10. The summed E-state index contributed by atoms with van der Waals surface area (Å²) in [5.41, 5.74) is 7.51. The number of methoxy groups -OCH3 is 1. The zero-order valence-corrected chi connectivity index (χ0v) is 14.6. The van der Waals surface area contributed by atoms with Gasteiger partial charge in [0, 0.05) is 6.04 Å². The Hall–Kier alpha value is -1.55. The molecule has 4 heteroatoms. The SMILES string of the molecule is COc1ccc(C[C@@H]2C[C@@H]([C@@H](N)CC3CCCCC3)OC2=O)cc1. The molecule has 4 nitrogen and oxygen atoms in total. The van der Waals surface area contributed by atoms with Crippen LogP contribution in [0.5, 0.6) is 5.75 Å². The van der Waals surface area contributed by atoms with Gasteiger partial charge in [-0.1, -0.05) is 44.2 Å². The molecule has 0 bridgehead atoms. The minimum atomic E-state index is -0.109. The number of hydrogen-bond acceptors (Lipinski definition) is 4. The fraction of sp³-hybridized carbons (Fsp3) is 0.650. The van der Waals surface area contributed by atoms with Gasteiger partial charge < -0.3 is 15.2 Å². The quantitative estimate of drug-likeness (QED) is 0.811. The molecule has 1 saturated heterocycles. The first-order valence-electron chi connectivity index (χ1n) is 9.24. The second kappa shape index (κ2) is 8.02. The van der Waals surface area contributed by atoms with Gasteiger partial charge >= 0.3 is 5.97 Å². The van der Waals surface area contributed by atoms with Crippen LogP contribution in [0.4, 0.5) is 0 Å². The van der Waals surface area contributed by atoms with Crippen LogP contribution in [-0.4, -0.2) is 25.2 Å². The van der Waals surface area contributed by atoms with Gasteiger partial charge in [0.25, 0.3) is 0 Å². The smallest absolute Gasteiger partial charge is 0.309 e. The topological polar surface area (TPSA) is 61.6 Å². The van der Waals surface area contributed by atoms with Gasteiger partial charge in [-0.25, -0.2) is 0 Å². The Balaban J connectivity index is 1.52. The monoisotopic (exact) mass is 331 g/mol. The minimum absolute atomic E-state index is 0.0158. The van der Waals surface area contributed by atoms with Crippen LogP contribution in [-0.2, 0) is 16.0 Å². The molecule has 3 rings (SSSR count). The molecule has 2 aliphatic rings. The molecule has 1 saturated carbocycles. The summed E-state index contributed by atoms with van der Waals surface area (Å²) in [6.07, 6.45) is 8.91. The van der Waals surface area contributed by atoms with E-state index in [2.05, 4.69) is 0 Å². The molecule has 3 atom stereocenters. The van der Waals surface area contributed by atoms with Crippen molar-refractivity contribution < 1.29 is 14.3 Å². The van der Waals surface area contributed by atoms with Crippen LogP contribution >= 0.6 is 0 Å². The Morgan fingerprint density at radius 1 is 1.21 bits per heavy atom. The maximum absolute atomic E-state index is 12.2. The third-order valence-corrected chi connectivity index (χ3v) is 5.57. The van der Waals surface area contributed by atoms with Gasteiger partial charge in [-0.05, 0) is 42.9 Å². The largest absolute Gasteiger partial charge is 0.497 e. The molecule has 1 aliphatic heterocycles. The first-order valence-corrected chi connectivity index (χ1v) is 9.24. The molecule has 132 valence electrons. The lowest BCUT2D eigenvalue weighted by molar-refractivity contribution is -0.145. The van der Waals surface area contributed by atoms with Crippen LogP contribution in [0.15, 0.2) is 24.3 Å². The Bertz CT molecular complexity index is 536. The Kier molecular flexibility index (Phi) is 5.77. The van der Waals surface area contributed by atoms with Gasteiger partial charge in [0.15, 0.2) is 0 Å². The average molecular weight is 331 g/mol. The number of hydrogen-bond donors (Lipinski definition) is 1.